The van der Waals surface area contributed by atoms with Crippen molar-refractivity contribution in [2.24, 2.45) is 10.2 Å². The fourth-order valence-corrected chi connectivity index (χ4v) is 2.97. The molecule has 0 aliphatic heterocycles. The topological polar surface area (TPSA) is 141 Å². The first kappa shape index (κ1) is 15.9. The molecule has 5 aromatic rings. The molecule has 0 bridgehead atoms. The molecule has 0 saturated carbocycles. The molecular weight excluding hydrogens is 358 g/mol. The van der Waals surface area contributed by atoms with Gasteiger partial charge >= 0.3 is 0 Å². The van der Waals surface area contributed by atoms with Crippen molar-refractivity contribution < 1.29 is 0 Å². The van der Waals surface area contributed by atoms with Gasteiger partial charge in [0.05, 0.1) is 22.9 Å². The second kappa shape index (κ2) is 5.85. The van der Waals surface area contributed by atoms with Crippen LogP contribution in [0, 0.1) is 25.2 Å². The van der Waals surface area contributed by atoms with Crippen LogP contribution in [0.1, 0.15) is 17.1 Å². The number of azo groups is 1. The molecule has 0 radical (unpaired) electrons. The molecule has 136 valence electrons. The molecule has 0 saturated heterocycles. The molecular formula is C17H13N11. The summed E-state index contributed by atoms with van der Waals surface area (Å²) in [6.45, 7) is 3.70. The number of fused-ring (bicyclic) bond motifs is 2. The first-order valence-corrected chi connectivity index (χ1v) is 8.41. The number of aromatic amines is 2. The number of imidazole rings is 1. The Hall–Kier alpha value is -4.33. The Morgan fingerprint density at radius 1 is 1.14 bits per heavy atom. The lowest BCUT2D eigenvalue weighted by atomic mass is 10.3. The molecule has 0 unspecified atom stereocenters. The van der Waals surface area contributed by atoms with Gasteiger partial charge in [0.25, 0.3) is 0 Å². The van der Waals surface area contributed by atoms with Gasteiger partial charge in [-0.15, -0.1) is 20.4 Å². The smallest absolute Gasteiger partial charge is 0.231 e. The molecule has 4 aromatic heterocycles. The fraction of sp³-hybridized carbons (Fsp3) is 0.118. The van der Waals surface area contributed by atoms with Crippen LogP contribution in [0.5, 0.6) is 0 Å². The lowest BCUT2D eigenvalue weighted by Crippen LogP contribution is -1.97. The number of H-pyrrole nitrogens is 2. The lowest BCUT2D eigenvalue weighted by Gasteiger charge is -1.98. The maximum Gasteiger partial charge on any atom is 0.231 e. The number of aryl methyl sites for hydroxylation is 2. The van der Waals surface area contributed by atoms with Crippen LogP contribution >= 0.6 is 0 Å². The summed E-state index contributed by atoms with van der Waals surface area (Å²) in [4.78, 5) is 7.68. The van der Waals surface area contributed by atoms with Crippen molar-refractivity contribution in [3.8, 4) is 12.0 Å². The summed E-state index contributed by atoms with van der Waals surface area (Å²) in [5.74, 6) is 1.44. The molecule has 11 nitrogen and oxygen atoms in total. The molecule has 0 fully saturated rings. The van der Waals surface area contributed by atoms with E-state index in [2.05, 4.69) is 46.7 Å². The van der Waals surface area contributed by atoms with Crippen molar-refractivity contribution in [1.82, 2.24) is 39.6 Å². The Morgan fingerprint density at radius 3 is 2.82 bits per heavy atom. The van der Waals surface area contributed by atoms with Crippen molar-refractivity contribution in [1.29, 1.82) is 5.26 Å². The number of hydrogen-bond acceptors (Lipinski definition) is 7. The van der Waals surface area contributed by atoms with Gasteiger partial charge in [0.1, 0.15) is 17.5 Å². The predicted octanol–water partition coefficient (Wildman–Crippen LogP) is 3.02. The Bertz CT molecular complexity index is 1370. The van der Waals surface area contributed by atoms with Crippen LogP contribution in [0.15, 0.2) is 40.7 Å². The highest BCUT2D eigenvalue weighted by Gasteiger charge is 2.17. The third-order valence-electron chi connectivity index (χ3n) is 4.36. The van der Waals surface area contributed by atoms with Gasteiger partial charge < -0.3 is 4.98 Å². The van der Waals surface area contributed by atoms with Crippen LogP contribution < -0.4 is 0 Å². The largest absolute Gasteiger partial charge is 0.322 e. The molecule has 0 atom stereocenters. The predicted molar refractivity (Wildman–Crippen MR) is 98.9 cm³/mol. The zero-order chi connectivity index (χ0) is 19.3. The molecule has 5 rings (SSSR count). The first-order valence-electron chi connectivity index (χ1n) is 8.41. The number of hydrogen-bond donors (Lipinski definition) is 2. The Balaban J connectivity index is 1.63. The minimum atomic E-state index is 0.275. The zero-order valence-electron chi connectivity index (χ0n) is 14.9. The lowest BCUT2D eigenvalue weighted by molar-refractivity contribution is 0.822. The van der Waals surface area contributed by atoms with Crippen LogP contribution in [0.25, 0.3) is 22.6 Å². The summed E-state index contributed by atoms with van der Waals surface area (Å²) in [7, 11) is 0. The van der Waals surface area contributed by atoms with E-state index in [0.717, 1.165) is 16.7 Å². The zero-order valence-corrected chi connectivity index (χ0v) is 14.9. The van der Waals surface area contributed by atoms with Crippen LogP contribution in [0.4, 0.5) is 11.5 Å². The molecule has 28 heavy (non-hydrogen) atoms. The Labute approximate surface area is 157 Å². The average Bonchev–Trinajstić information content (AvgIpc) is 3.44. The minimum absolute atomic E-state index is 0.275. The van der Waals surface area contributed by atoms with Crippen LogP contribution in [0.3, 0.4) is 0 Å². The molecule has 2 N–H and O–H groups in total. The highest BCUT2D eigenvalue weighted by atomic mass is 15.4. The van der Waals surface area contributed by atoms with Crippen molar-refractivity contribution in [2.75, 3.05) is 0 Å². The maximum absolute atomic E-state index is 9.44. The van der Waals surface area contributed by atoms with Gasteiger partial charge in [0.2, 0.25) is 11.6 Å². The third-order valence-corrected chi connectivity index (χ3v) is 4.36. The van der Waals surface area contributed by atoms with Crippen molar-refractivity contribution in [3.05, 3.63) is 47.5 Å². The van der Waals surface area contributed by atoms with Crippen LogP contribution in [-0.4, -0.2) is 39.6 Å². The number of benzene rings is 1. The molecule has 0 aliphatic rings. The Kier molecular flexibility index (Phi) is 3.32. The van der Waals surface area contributed by atoms with Gasteiger partial charge in [-0.1, -0.05) is 12.1 Å². The van der Waals surface area contributed by atoms with Gasteiger partial charge in [0, 0.05) is 0 Å². The van der Waals surface area contributed by atoms with E-state index in [4.69, 9.17) is 0 Å². The summed E-state index contributed by atoms with van der Waals surface area (Å²) in [5, 5.41) is 33.6. The van der Waals surface area contributed by atoms with Crippen molar-refractivity contribution in [3.63, 3.8) is 0 Å². The van der Waals surface area contributed by atoms with Crippen LogP contribution in [-0.2, 0) is 0 Å². The van der Waals surface area contributed by atoms with Gasteiger partial charge in [0.15, 0.2) is 11.5 Å². The SMILES string of the molecule is Cc1[nH]n2c(C)nnc2c1N=Nc1c(C#N)cnn1-c1nc2ccccc2[nH]1. The number of nitrogens with zero attached hydrogens (tertiary/aromatic N) is 9. The van der Waals surface area contributed by atoms with E-state index in [1.165, 1.54) is 10.9 Å². The van der Waals surface area contributed by atoms with Gasteiger partial charge in [-0.3, -0.25) is 5.10 Å². The minimum Gasteiger partial charge on any atom is -0.322 e. The quantitative estimate of drug-likeness (QED) is 0.469. The van der Waals surface area contributed by atoms with E-state index in [1.807, 2.05) is 38.1 Å². The number of nitrogens with one attached hydrogen (secondary N) is 2. The van der Waals surface area contributed by atoms with Gasteiger partial charge in [-0.05, 0) is 26.0 Å². The second-order valence-corrected chi connectivity index (χ2v) is 6.17. The summed E-state index contributed by atoms with van der Waals surface area (Å²) < 4.78 is 3.18. The number of aromatic nitrogens is 8. The number of nitriles is 1. The molecule has 0 aliphatic carbocycles. The van der Waals surface area contributed by atoms with Gasteiger partial charge in [-0.25, -0.2) is 9.50 Å². The van der Waals surface area contributed by atoms with Crippen LogP contribution in [0.2, 0.25) is 0 Å². The molecule has 0 amide bonds. The number of rotatable bonds is 3. The highest BCUT2D eigenvalue weighted by Crippen LogP contribution is 2.28. The van der Waals surface area contributed by atoms with E-state index in [1.54, 1.807) is 4.52 Å². The third kappa shape index (κ3) is 2.28. The summed E-state index contributed by atoms with van der Waals surface area (Å²) in [6, 6.07) is 9.70. The fourth-order valence-electron chi connectivity index (χ4n) is 2.97. The highest BCUT2D eigenvalue weighted by molar-refractivity contribution is 5.76. The van der Waals surface area contributed by atoms with E-state index in [0.29, 0.717) is 23.1 Å². The van der Waals surface area contributed by atoms with E-state index >= 15 is 0 Å². The van der Waals surface area contributed by atoms with E-state index in [9.17, 15) is 5.26 Å². The van der Waals surface area contributed by atoms with Crippen molar-refractivity contribution in [2.45, 2.75) is 13.8 Å². The summed E-state index contributed by atoms with van der Waals surface area (Å²) in [6.07, 6.45) is 1.43. The molecule has 4 heterocycles. The monoisotopic (exact) mass is 371 g/mol. The Morgan fingerprint density at radius 2 is 2.00 bits per heavy atom. The van der Waals surface area contributed by atoms with E-state index in [-0.39, 0.29) is 11.4 Å². The normalized spacial score (nSPS) is 11.8. The summed E-state index contributed by atoms with van der Waals surface area (Å²) >= 11 is 0. The van der Waals surface area contributed by atoms with E-state index < -0.39 is 0 Å². The van der Waals surface area contributed by atoms with Crippen molar-refractivity contribution >= 4 is 28.2 Å². The standard InChI is InChI=1S/C17H13N11/c1-9-14(16-25-22-10(2)27(16)26-9)23-24-15-11(7-18)8-19-28(15)17-20-12-5-3-4-6-13(12)21-17/h3-6,8,26H,1-2H3,(H,20,21). The first-order chi connectivity index (χ1) is 13.7. The molecule has 11 heteroatoms. The van der Waals surface area contributed by atoms with Gasteiger partial charge in [-0.2, -0.15) is 15.0 Å². The average molecular weight is 371 g/mol. The molecule has 0 spiro atoms. The number of para-hydroxylation sites is 2. The maximum atomic E-state index is 9.44. The second-order valence-electron chi connectivity index (χ2n) is 6.17. The summed E-state index contributed by atoms with van der Waals surface area (Å²) in [5.41, 5.74) is 3.82. The molecule has 1 aromatic carbocycles.